The second-order valence-electron chi connectivity index (χ2n) is 16.2. The fourth-order valence-corrected chi connectivity index (χ4v) is 7.51. The number of amides is 4. The highest BCUT2D eigenvalue weighted by molar-refractivity contribution is 5.98. The minimum Gasteiger partial charge on any atom is -0.344 e. The Morgan fingerprint density at radius 2 is 0.889 bits per heavy atom. The van der Waals surface area contributed by atoms with Crippen LogP contribution in [-0.2, 0) is 22.7 Å². The molecule has 0 saturated heterocycles. The van der Waals surface area contributed by atoms with Crippen molar-refractivity contribution in [1.29, 1.82) is 0 Å². The normalized spacial score (nSPS) is 20.9. The number of benzene rings is 2. The highest BCUT2D eigenvalue weighted by Gasteiger charge is 2.37. The largest absolute Gasteiger partial charge is 0.344 e. The molecule has 10 bridgehead atoms. The molecule has 5 heterocycles. The molecule has 0 spiro atoms. The third-order valence-electron chi connectivity index (χ3n) is 10.8. The Morgan fingerprint density at radius 1 is 0.537 bits per heavy atom. The van der Waals surface area contributed by atoms with Crippen molar-refractivity contribution in [1.82, 2.24) is 40.4 Å². The molecule has 2 aromatic heterocycles. The lowest BCUT2D eigenvalue weighted by atomic mass is 9.98. The highest BCUT2D eigenvalue weighted by atomic mass is 16.2. The first-order chi connectivity index (χ1) is 25.5. The quantitative estimate of drug-likeness (QED) is 0.214. The Labute approximate surface area is 317 Å². The van der Waals surface area contributed by atoms with Gasteiger partial charge in [0.15, 0.2) is 0 Å². The number of nitrogens with one attached hydrogen (secondary N) is 4. The summed E-state index contributed by atoms with van der Waals surface area (Å²) in [4.78, 5) is 67.1. The van der Waals surface area contributed by atoms with E-state index in [0.717, 1.165) is 22.3 Å². The monoisotopic (exact) mass is 734 g/mol. The third kappa shape index (κ3) is 7.43. The first kappa shape index (κ1) is 38.5. The molecule has 286 valence electrons. The summed E-state index contributed by atoms with van der Waals surface area (Å²) >= 11 is 0. The van der Waals surface area contributed by atoms with E-state index >= 15 is 0 Å². The van der Waals surface area contributed by atoms with E-state index in [-0.39, 0.29) is 46.9 Å². The van der Waals surface area contributed by atoms with E-state index in [1.807, 2.05) is 103 Å². The van der Waals surface area contributed by atoms with Crippen LogP contribution in [0.2, 0.25) is 0 Å². The van der Waals surface area contributed by atoms with E-state index in [0.29, 0.717) is 36.1 Å². The minimum atomic E-state index is -0.902. The van der Waals surface area contributed by atoms with Crippen LogP contribution < -0.4 is 21.3 Å². The second kappa shape index (κ2) is 15.2. The van der Waals surface area contributed by atoms with Crippen LogP contribution in [0.25, 0.3) is 11.1 Å². The van der Waals surface area contributed by atoms with Crippen LogP contribution in [0.3, 0.4) is 0 Å². The van der Waals surface area contributed by atoms with E-state index in [4.69, 9.17) is 9.97 Å². The van der Waals surface area contributed by atoms with Crippen LogP contribution in [0.4, 0.5) is 0 Å². The van der Waals surface area contributed by atoms with Gasteiger partial charge in [-0.25, -0.2) is 9.97 Å². The number of imidazole rings is 2. The van der Waals surface area contributed by atoms with Gasteiger partial charge >= 0.3 is 0 Å². The number of hydrogen-bond donors (Lipinski definition) is 4. The molecule has 0 aliphatic carbocycles. The number of rotatable bonds is 4. The molecular formula is C42H54N8O4. The van der Waals surface area contributed by atoms with E-state index in [2.05, 4.69) is 45.5 Å². The summed E-state index contributed by atoms with van der Waals surface area (Å²) in [5.41, 5.74) is 5.57. The van der Waals surface area contributed by atoms with E-state index in [1.165, 1.54) is 0 Å². The molecule has 1 unspecified atom stereocenters. The van der Waals surface area contributed by atoms with Gasteiger partial charge < -0.3 is 30.4 Å². The maximum atomic E-state index is 14.3. The molecule has 12 heteroatoms. The zero-order valence-electron chi connectivity index (χ0n) is 33.1. The zero-order chi connectivity index (χ0) is 39.2. The molecule has 4 N–H and O–H groups in total. The molecule has 0 saturated carbocycles. The smallest absolute Gasteiger partial charge is 0.272 e. The van der Waals surface area contributed by atoms with Gasteiger partial charge in [0.1, 0.15) is 35.1 Å². The molecule has 4 amide bonds. The topological polar surface area (TPSA) is 152 Å². The summed E-state index contributed by atoms with van der Waals surface area (Å²) in [6.45, 7) is 19.9. The van der Waals surface area contributed by atoms with Gasteiger partial charge in [-0.3, -0.25) is 19.2 Å². The standard InChI is InChI=1S/C42H54N8O4/c1-21(2)31-37-43-35-25(9)49(37)19-27-13-11-15-29(17-27)30-16-12-14-28(18-30)20-50-26(10)36(42(54)47-33(23(5)6)39(51)45-31)44-38(50)32(22(3)4)46-40(52)34(24(7)8)48-41(35)53/h11-18,21-24,31-34H,19-20H2,1-10H3,(H,45,51)(H,46,52)(H,47,54)(H,48,53)/t31-,32-,33-,34?/m0/s1. The molecular weight excluding hydrogens is 681 g/mol. The van der Waals surface area contributed by atoms with Gasteiger partial charge in [-0.2, -0.15) is 0 Å². The predicted molar refractivity (Wildman–Crippen MR) is 208 cm³/mol. The number of hydrogen-bond acceptors (Lipinski definition) is 6. The molecule has 54 heavy (non-hydrogen) atoms. The third-order valence-corrected chi connectivity index (χ3v) is 10.8. The van der Waals surface area contributed by atoms with Crippen molar-refractivity contribution in [3.05, 3.63) is 94.1 Å². The van der Waals surface area contributed by atoms with E-state index in [1.54, 1.807) is 0 Å². The SMILES string of the molecule is Cc1c2nc3n1Cc1cccc(c1)-c1cccc(c1)Cn1c(nc(c1C)C(=O)NC(C(C)C)C(=O)N[C@H]3C(C)C)[C@H](C(C)C)NC(=O)[C@H](C(C)C)NC2=O. The molecule has 12 nitrogen and oxygen atoms in total. The van der Waals surface area contributed by atoms with E-state index < -0.39 is 36.0 Å². The number of carbonyl (C=O) groups excluding carboxylic acids is 4. The fourth-order valence-electron chi connectivity index (χ4n) is 7.51. The van der Waals surface area contributed by atoms with E-state index in [9.17, 15) is 19.2 Å². The van der Waals surface area contributed by atoms with Crippen molar-refractivity contribution in [2.45, 2.75) is 106 Å². The van der Waals surface area contributed by atoms with Crippen molar-refractivity contribution in [2.75, 3.05) is 0 Å². The average Bonchev–Trinajstić information content (AvgIpc) is 3.61. The van der Waals surface area contributed by atoms with Gasteiger partial charge in [0.05, 0.1) is 12.1 Å². The van der Waals surface area contributed by atoms with Crippen LogP contribution in [0.15, 0.2) is 48.5 Å². The Kier molecular flexibility index (Phi) is 10.9. The summed E-state index contributed by atoms with van der Waals surface area (Å²) in [5, 5.41) is 12.4. The molecule has 4 aromatic rings. The minimum absolute atomic E-state index is 0.148. The first-order valence-electron chi connectivity index (χ1n) is 19.1. The van der Waals surface area contributed by atoms with Crippen LogP contribution in [-0.4, -0.2) is 54.8 Å². The lowest BCUT2D eigenvalue weighted by molar-refractivity contribution is -0.125. The predicted octanol–water partition coefficient (Wildman–Crippen LogP) is 5.62. The first-order valence-corrected chi connectivity index (χ1v) is 19.1. The summed E-state index contributed by atoms with van der Waals surface area (Å²) in [5.74, 6) is -1.51. The summed E-state index contributed by atoms with van der Waals surface area (Å²) < 4.78 is 3.96. The van der Waals surface area contributed by atoms with Crippen LogP contribution in [0.5, 0.6) is 0 Å². The maximum Gasteiger partial charge on any atom is 0.272 e. The van der Waals surface area contributed by atoms with Gasteiger partial charge in [0, 0.05) is 24.5 Å². The Balaban J connectivity index is 1.69. The summed E-state index contributed by atoms with van der Waals surface area (Å²) in [6, 6.07) is 13.5. The van der Waals surface area contributed by atoms with Gasteiger partial charge in [-0.05, 0) is 71.9 Å². The van der Waals surface area contributed by atoms with Gasteiger partial charge in [-0.1, -0.05) is 91.8 Å². The van der Waals surface area contributed by atoms with Gasteiger partial charge in [-0.15, -0.1) is 0 Å². The van der Waals surface area contributed by atoms with Crippen LogP contribution >= 0.6 is 0 Å². The molecule has 7 rings (SSSR count). The van der Waals surface area contributed by atoms with Crippen molar-refractivity contribution < 1.29 is 19.2 Å². The summed E-state index contributed by atoms with van der Waals surface area (Å²) in [7, 11) is 0. The van der Waals surface area contributed by atoms with Crippen molar-refractivity contribution >= 4 is 23.6 Å². The Morgan fingerprint density at radius 3 is 1.22 bits per heavy atom. The van der Waals surface area contributed by atoms with Crippen molar-refractivity contribution in [2.24, 2.45) is 23.7 Å². The van der Waals surface area contributed by atoms with Gasteiger partial charge in [0.25, 0.3) is 11.8 Å². The van der Waals surface area contributed by atoms with Crippen molar-refractivity contribution in [3.8, 4) is 11.1 Å². The van der Waals surface area contributed by atoms with Crippen LogP contribution in [0.1, 0.15) is 123 Å². The lowest BCUT2D eigenvalue weighted by Gasteiger charge is -2.28. The number of fused-ring (bicyclic) bond motifs is 10. The van der Waals surface area contributed by atoms with Gasteiger partial charge in [0.2, 0.25) is 11.8 Å². The second-order valence-corrected chi connectivity index (χ2v) is 16.2. The van der Waals surface area contributed by atoms with Crippen LogP contribution in [0, 0.1) is 37.5 Å². The fraction of sp³-hybridized carbons (Fsp3) is 0.476. The molecule has 2 aromatic carbocycles. The zero-order valence-corrected chi connectivity index (χ0v) is 33.1. The molecule has 3 aliphatic heterocycles. The Bertz CT molecular complexity index is 1940. The molecule has 0 fully saturated rings. The maximum absolute atomic E-state index is 14.3. The van der Waals surface area contributed by atoms with Crippen molar-refractivity contribution in [3.63, 3.8) is 0 Å². The lowest BCUT2D eigenvalue weighted by Crippen LogP contribution is -2.52. The number of carbonyl (C=O) groups is 4. The average molecular weight is 735 g/mol. The molecule has 3 aliphatic rings. The Hall–Kier alpha value is -5.26. The number of aromatic nitrogens is 4. The highest BCUT2D eigenvalue weighted by Crippen LogP contribution is 2.30. The molecule has 0 radical (unpaired) electrons. The molecule has 4 atom stereocenters. The summed E-state index contributed by atoms with van der Waals surface area (Å²) in [6.07, 6.45) is 0. The number of nitrogens with zero attached hydrogens (tertiary/aromatic N) is 4.